The molecule has 98 valence electrons. The van der Waals surface area contributed by atoms with Gasteiger partial charge in [0.2, 0.25) is 5.91 Å². The summed E-state index contributed by atoms with van der Waals surface area (Å²) in [7, 11) is 0. The Balaban J connectivity index is 2.28. The van der Waals surface area contributed by atoms with E-state index in [9.17, 15) is 9.59 Å². The molecular formula is C11H19NO4S. The first kappa shape index (κ1) is 14.3. The van der Waals surface area contributed by atoms with Crippen molar-refractivity contribution in [1.82, 2.24) is 4.90 Å². The van der Waals surface area contributed by atoms with Crippen LogP contribution in [0.3, 0.4) is 0 Å². The van der Waals surface area contributed by atoms with Crippen molar-refractivity contribution >= 4 is 23.6 Å². The molecule has 0 spiro atoms. The van der Waals surface area contributed by atoms with E-state index in [4.69, 9.17) is 9.84 Å². The molecule has 0 radical (unpaired) electrons. The first-order valence-electron chi connectivity index (χ1n) is 5.82. The highest BCUT2D eigenvalue weighted by atomic mass is 32.2. The third-order valence-electron chi connectivity index (χ3n) is 2.55. The number of carbonyl (C=O) groups excluding carboxylic acids is 1. The average molecular weight is 261 g/mol. The van der Waals surface area contributed by atoms with Crippen LogP contribution in [0.15, 0.2) is 0 Å². The van der Waals surface area contributed by atoms with Crippen molar-refractivity contribution in [3.63, 3.8) is 0 Å². The van der Waals surface area contributed by atoms with Gasteiger partial charge in [0, 0.05) is 13.1 Å². The van der Waals surface area contributed by atoms with Gasteiger partial charge in [0.1, 0.15) is 0 Å². The van der Waals surface area contributed by atoms with Crippen molar-refractivity contribution in [2.24, 2.45) is 0 Å². The largest absolute Gasteiger partial charge is 0.481 e. The third kappa shape index (κ3) is 5.41. The summed E-state index contributed by atoms with van der Waals surface area (Å²) in [5.41, 5.74) is 0. The Morgan fingerprint density at radius 1 is 1.47 bits per heavy atom. The smallest absolute Gasteiger partial charge is 0.313 e. The number of thioether (sulfide) groups is 1. The molecule has 1 N–H and O–H groups in total. The molecule has 0 aromatic rings. The van der Waals surface area contributed by atoms with Gasteiger partial charge < -0.3 is 14.7 Å². The predicted molar refractivity (Wildman–Crippen MR) is 66.2 cm³/mol. The van der Waals surface area contributed by atoms with Gasteiger partial charge in [0.25, 0.3) is 0 Å². The molecule has 0 bridgehead atoms. The molecule has 1 saturated heterocycles. The molecule has 1 unspecified atom stereocenters. The van der Waals surface area contributed by atoms with Crippen LogP contribution >= 0.6 is 11.8 Å². The molecule has 1 heterocycles. The number of rotatable bonds is 6. The fourth-order valence-electron chi connectivity index (χ4n) is 1.76. The van der Waals surface area contributed by atoms with Crippen LogP contribution in [0.5, 0.6) is 0 Å². The van der Waals surface area contributed by atoms with E-state index in [0.717, 1.165) is 24.6 Å². The summed E-state index contributed by atoms with van der Waals surface area (Å²) in [6.07, 6.45) is 2.15. The van der Waals surface area contributed by atoms with Crippen molar-refractivity contribution in [2.45, 2.75) is 25.9 Å². The SMILES string of the molecule is CCCC1CN(C(=O)CSCC(=O)O)CCO1. The quantitative estimate of drug-likeness (QED) is 0.767. The van der Waals surface area contributed by atoms with E-state index in [1.54, 1.807) is 4.90 Å². The van der Waals surface area contributed by atoms with Crippen LogP contribution in [-0.4, -0.2) is 59.2 Å². The first-order valence-corrected chi connectivity index (χ1v) is 6.98. The van der Waals surface area contributed by atoms with Gasteiger partial charge in [-0.3, -0.25) is 9.59 Å². The van der Waals surface area contributed by atoms with Crippen molar-refractivity contribution < 1.29 is 19.4 Å². The number of nitrogens with zero attached hydrogens (tertiary/aromatic N) is 1. The highest BCUT2D eigenvalue weighted by molar-refractivity contribution is 8.00. The standard InChI is InChI=1S/C11H19NO4S/c1-2-3-9-6-12(4-5-16-9)10(13)7-17-8-11(14)15/h9H,2-8H2,1H3,(H,14,15). The van der Waals surface area contributed by atoms with E-state index in [2.05, 4.69) is 6.92 Å². The van der Waals surface area contributed by atoms with Gasteiger partial charge >= 0.3 is 5.97 Å². The maximum atomic E-state index is 11.8. The lowest BCUT2D eigenvalue weighted by atomic mass is 10.2. The van der Waals surface area contributed by atoms with Crippen LogP contribution in [0, 0.1) is 0 Å². The number of amides is 1. The lowest BCUT2D eigenvalue weighted by Gasteiger charge is -2.32. The molecule has 0 saturated carbocycles. The summed E-state index contributed by atoms with van der Waals surface area (Å²) >= 11 is 1.15. The van der Waals surface area contributed by atoms with Gasteiger partial charge in [-0.05, 0) is 6.42 Å². The van der Waals surface area contributed by atoms with E-state index in [0.29, 0.717) is 19.7 Å². The number of carboxylic acids is 1. The number of aliphatic carboxylic acids is 1. The fourth-order valence-corrected chi connectivity index (χ4v) is 2.39. The van der Waals surface area contributed by atoms with Crippen LogP contribution in [0.2, 0.25) is 0 Å². The maximum absolute atomic E-state index is 11.8. The van der Waals surface area contributed by atoms with Crippen LogP contribution < -0.4 is 0 Å². The minimum absolute atomic E-state index is 0.0145. The van der Waals surface area contributed by atoms with Crippen molar-refractivity contribution in [1.29, 1.82) is 0 Å². The molecule has 0 aromatic heterocycles. The van der Waals surface area contributed by atoms with Gasteiger partial charge in [-0.15, -0.1) is 11.8 Å². The van der Waals surface area contributed by atoms with Crippen molar-refractivity contribution in [3.8, 4) is 0 Å². The Bertz CT molecular complexity index is 270. The zero-order chi connectivity index (χ0) is 12.7. The summed E-state index contributed by atoms with van der Waals surface area (Å²) in [4.78, 5) is 23.9. The Labute approximate surface area is 105 Å². The monoisotopic (exact) mass is 261 g/mol. The van der Waals surface area contributed by atoms with Crippen LogP contribution in [0.25, 0.3) is 0 Å². The second kappa shape index (κ2) is 7.55. The number of carboxylic acid groups (broad SMARTS) is 1. The average Bonchev–Trinajstić information content (AvgIpc) is 2.29. The van der Waals surface area contributed by atoms with E-state index in [1.165, 1.54) is 0 Å². The number of hydrogen-bond acceptors (Lipinski definition) is 4. The predicted octanol–water partition coefficient (Wildman–Crippen LogP) is 0.832. The molecule has 1 aliphatic heterocycles. The molecule has 17 heavy (non-hydrogen) atoms. The van der Waals surface area contributed by atoms with Gasteiger partial charge in [0.05, 0.1) is 24.2 Å². The topological polar surface area (TPSA) is 66.8 Å². The van der Waals surface area contributed by atoms with Crippen molar-refractivity contribution in [3.05, 3.63) is 0 Å². The highest BCUT2D eigenvalue weighted by Gasteiger charge is 2.23. The van der Waals surface area contributed by atoms with Gasteiger partial charge in [-0.25, -0.2) is 0 Å². The van der Waals surface area contributed by atoms with Crippen LogP contribution in [0.4, 0.5) is 0 Å². The summed E-state index contributed by atoms with van der Waals surface area (Å²) < 4.78 is 5.55. The number of carbonyl (C=O) groups is 2. The summed E-state index contributed by atoms with van der Waals surface area (Å²) in [5.74, 6) is -0.645. The number of morpholine rings is 1. The van der Waals surface area contributed by atoms with Gasteiger partial charge in [-0.2, -0.15) is 0 Å². The van der Waals surface area contributed by atoms with E-state index >= 15 is 0 Å². The Hall–Kier alpha value is -0.750. The minimum atomic E-state index is -0.881. The van der Waals surface area contributed by atoms with Crippen LogP contribution in [0.1, 0.15) is 19.8 Å². The fraction of sp³-hybridized carbons (Fsp3) is 0.818. The Kier molecular flexibility index (Phi) is 6.36. The highest BCUT2D eigenvalue weighted by Crippen LogP contribution is 2.12. The molecule has 0 aliphatic carbocycles. The number of hydrogen-bond donors (Lipinski definition) is 1. The summed E-state index contributed by atoms with van der Waals surface area (Å²) in [6.45, 7) is 3.93. The molecule has 5 nitrogen and oxygen atoms in total. The van der Waals surface area contributed by atoms with Crippen molar-refractivity contribution in [2.75, 3.05) is 31.2 Å². The molecular weight excluding hydrogens is 242 g/mol. The lowest BCUT2D eigenvalue weighted by molar-refractivity contribution is -0.136. The number of ether oxygens (including phenoxy) is 1. The molecule has 1 amide bonds. The second-order valence-electron chi connectivity index (χ2n) is 4.01. The molecule has 6 heteroatoms. The summed E-state index contributed by atoms with van der Waals surface area (Å²) in [5, 5.41) is 8.48. The zero-order valence-corrected chi connectivity index (χ0v) is 10.9. The Morgan fingerprint density at radius 3 is 2.88 bits per heavy atom. The Morgan fingerprint density at radius 2 is 2.24 bits per heavy atom. The second-order valence-corrected chi connectivity index (χ2v) is 4.99. The first-order chi connectivity index (χ1) is 8.13. The lowest BCUT2D eigenvalue weighted by Crippen LogP contribution is -2.46. The van der Waals surface area contributed by atoms with E-state index in [1.807, 2.05) is 0 Å². The molecule has 1 fully saturated rings. The van der Waals surface area contributed by atoms with Gasteiger partial charge in [0.15, 0.2) is 0 Å². The molecule has 1 aliphatic rings. The zero-order valence-electron chi connectivity index (χ0n) is 10.1. The van der Waals surface area contributed by atoms with Crippen LogP contribution in [-0.2, 0) is 14.3 Å². The third-order valence-corrected chi connectivity index (χ3v) is 3.46. The summed E-state index contributed by atoms with van der Waals surface area (Å²) in [6, 6.07) is 0. The molecule has 1 atom stereocenters. The van der Waals surface area contributed by atoms with E-state index in [-0.39, 0.29) is 23.5 Å². The maximum Gasteiger partial charge on any atom is 0.313 e. The van der Waals surface area contributed by atoms with E-state index < -0.39 is 5.97 Å². The molecule has 0 aromatic carbocycles. The molecule has 1 rings (SSSR count). The van der Waals surface area contributed by atoms with Gasteiger partial charge in [-0.1, -0.05) is 13.3 Å². The minimum Gasteiger partial charge on any atom is -0.481 e. The normalized spacial score (nSPS) is 20.3.